The van der Waals surface area contributed by atoms with Gasteiger partial charge >= 0.3 is 5.97 Å². The molecule has 0 aliphatic carbocycles. The molecule has 1 aromatic carbocycles. The Hall–Kier alpha value is -2.67. The van der Waals surface area contributed by atoms with Crippen LogP contribution in [0.25, 0.3) is 0 Å². The molecule has 6 nitrogen and oxygen atoms in total. The lowest BCUT2D eigenvalue weighted by Gasteiger charge is -2.07. The molecular weight excluding hydrogens is 366 g/mol. The number of carbonyl (C=O) groups is 2. The van der Waals surface area contributed by atoms with Gasteiger partial charge in [-0.3, -0.25) is 4.79 Å². The van der Waals surface area contributed by atoms with Crippen molar-refractivity contribution in [2.45, 2.75) is 26.1 Å². The maximum Gasteiger partial charge on any atom is 0.338 e. The fourth-order valence-electron chi connectivity index (χ4n) is 2.83. The van der Waals surface area contributed by atoms with Gasteiger partial charge in [-0.2, -0.15) is 0 Å². The average molecular weight is 389 g/mol. The molecule has 1 aromatic heterocycles. The Kier molecular flexibility index (Phi) is 6.38. The molecule has 0 spiro atoms. The molecular formula is C20H23NO5S. The zero-order chi connectivity index (χ0) is 20.2. The van der Waals surface area contributed by atoms with Crippen LogP contribution in [0.15, 0.2) is 43.0 Å². The van der Waals surface area contributed by atoms with E-state index >= 15 is 0 Å². The van der Waals surface area contributed by atoms with E-state index in [1.807, 2.05) is 18.4 Å². The third-order valence-corrected chi connectivity index (χ3v) is 5.00. The molecule has 27 heavy (non-hydrogen) atoms. The predicted octanol–water partition coefficient (Wildman–Crippen LogP) is 2.88. The van der Waals surface area contributed by atoms with Gasteiger partial charge in [-0.1, -0.05) is 18.2 Å². The van der Waals surface area contributed by atoms with Crippen LogP contribution in [0, 0.1) is 13.8 Å². The van der Waals surface area contributed by atoms with Crippen LogP contribution in [0.3, 0.4) is 0 Å². The van der Waals surface area contributed by atoms with Crippen LogP contribution in [-0.2, 0) is 26.9 Å². The number of Topliss-reactive ketones (excluding diaryl/α,β-unsaturated/α-hetero) is 1. The van der Waals surface area contributed by atoms with Crippen LogP contribution < -0.4 is 0 Å². The lowest BCUT2D eigenvalue weighted by molar-refractivity contribution is 0.0474. The summed E-state index contributed by atoms with van der Waals surface area (Å²) >= 11 is 0. The summed E-state index contributed by atoms with van der Waals surface area (Å²) in [6, 6.07) is 7.87. The van der Waals surface area contributed by atoms with Gasteiger partial charge in [0.1, 0.15) is 0 Å². The normalized spacial score (nSPS) is 11.2. The smallest absolute Gasteiger partial charge is 0.338 e. The molecule has 0 fully saturated rings. The van der Waals surface area contributed by atoms with Gasteiger partial charge in [0.25, 0.3) is 0 Å². The molecule has 0 N–H and O–H groups in total. The summed E-state index contributed by atoms with van der Waals surface area (Å²) in [5, 5.41) is 0. The van der Waals surface area contributed by atoms with E-state index in [0.717, 1.165) is 17.6 Å². The highest BCUT2D eigenvalue weighted by molar-refractivity contribution is 7.89. The highest BCUT2D eigenvalue weighted by Gasteiger charge is 2.17. The molecule has 0 saturated carbocycles. The van der Waals surface area contributed by atoms with E-state index in [4.69, 9.17) is 4.74 Å². The van der Waals surface area contributed by atoms with Crippen molar-refractivity contribution in [1.29, 1.82) is 0 Å². The largest absolute Gasteiger partial charge is 0.454 e. The number of hydrogen-bond donors (Lipinski definition) is 0. The average Bonchev–Trinajstić information content (AvgIpc) is 2.87. The number of ether oxygens (including phenoxy) is 1. The Balaban J connectivity index is 2.02. The van der Waals surface area contributed by atoms with E-state index in [9.17, 15) is 18.0 Å². The first-order chi connectivity index (χ1) is 12.6. The van der Waals surface area contributed by atoms with Crippen molar-refractivity contribution < 1.29 is 22.7 Å². The van der Waals surface area contributed by atoms with Crippen molar-refractivity contribution in [3.8, 4) is 0 Å². The summed E-state index contributed by atoms with van der Waals surface area (Å²) in [6.07, 6.45) is 2.90. The molecule has 0 aliphatic rings. The van der Waals surface area contributed by atoms with E-state index in [1.165, 1.54) is 12.1 Å². The molecule has 2 rings (SSSR count). The molecule has 0 bridgehead atoms. The van der Waals surface area contributed by atoms with Crippen LogP contribution in [0.4, 0.5) is 0 Å². The summed E-state index contributed by atoms with van der Waals surface area (Å²) in [5.41, 5.74) is 3.10. The Morgan fingerprint density at radius 1 is 1.19 bits per heavy atom. The van der Waals surface area contributed by atoms with Crippen LogP contribution >= 0.6 is 0 Å². The minimum absolute atomic E-state index is 0.0961. The molecule has 0 aliphatic heterocycles. The maximum atomic E-state index is 12.4. The fourth-order valence-corrected chi connectivity index (χ4v) is 3.62. The fraction of sp³-hybridized carbons (Fsp3) is 0.300. The molecule has 0 atom stereocenters. The number of aromatic nitrogens is 1. The van der Waals surface area contributed by atoms with Gasteiger partial charge in [0.2, 0.25) is 5.78 Å². The Morgan fingerprint density at radius 2 is 1.81 bits per heavy atom. The monoisotopic (exact) mass is 389 g/mol. The summed E-state index contributed by atoms with van der Waals surface area (Å²) in [4.78, 5) is 24.5. The summed E-state index contributed by atoms with van der Waals surface area (Å²) < 4.78 is 29.7. The molecule has 0 saturated heterocycles. The van der Waals surface area contributed by atoms with E-state index < -0.39 is 15.8 Å². The van der Waals surface area contributed by atoms with Crippen molar-refractivity contribution in [1.82, 2.24) is 4.57 Å². The molecule has 144 valence electrons. The number of carbonyl (C=O) groups excluding carboxylic acids is 2. The number of allylic oxidation sites excluding steroid dienone is 1. The number of rotatable bonds is 8. The zero-order valence-electron chi connectivity index (χ0n) is 15.7. The second kappa shape index (κ2) is 8.35. The minimum Gasteiger partial charge on any atom is -0.454 e. The van der Waals surface area contributed by atoms with Gasteiger partial charge in [0.15, 0.2) is 16.4 Å². The first-order valence-electron chi connectivity index (χ1n) is 8.37. The minimum atomic E-state index is -3.14. The Labute approximate surface area is 159 Å². The number of ketones is 1. The maximum absolute atomic E-state index is 12.4. The van der Waals surface area contributed by atoms with Crippen LogP contribution in [-0.4, -0.2) is 37.6 Å². The van der Waals surface area contributed by atoms with Crippen molar-refractivity contribution >= 4 is 21.6 Å². The zero-order valence-corrected chi connectivity index (χ0v) is 16.5. The van der Waals surface area contributed by atoms with Gasteiger partial charge in [-0.25, -0.2) is 13.2 Å². The lowest BCUT2D eigenvalue weighted by Crippen LogP contribution is -2.15. The molecule has 0 unspecified atom stereocenters. The predicted molar refractivity (Wildman–Crippen MR) is 104 cm³/mol. The molecule has 0 radical (unpaired) electrons. The van der Waals surface area contributed by atoms with E-state index in [-0.39, 0.29) is 23.7 Å². The van der Waals surface area contributed by atoms with Gasteiger partial charge in [-0.05, 0) is 37.6 Å². The number of benzene rings is 1. The number of sulfone groups is 1. The molecule has 0 amide bonds. The second-order valence-corrected chi connectivity index (χ2v) is 8.59. The number of hydrogen-bond acceptors (Lipinski definition) is 5. The molecule has 1 heterocycles. The number of aryl methyl sites for hydroxylation is 1. The topological polar surface area (TPSA) is 82.4 Å². The van der Waals surface area contributed by atoms with Crippen LogP contribution in [0.5, 0.6) is 0 Å². The standard InChI is InChI=1S/C20H23NO5S/c1-5-10-21-14(2)11-18(15(21)3)19(22)12-26-20(23)17-8-6-16(7-9-17)13-27(4,24)25/h5-9,11H,1,10,12-13H2,2-4H3. The number of esters is 1. The van der Waals surface area contributed by atoms with Crippen LogP contribution in [0.1, 0.15) is 37.7 Å². The van der Waals surface area contributed by atoms with Gasteiger partial charge in [0, 0.05) is 29.8 Å². The first kappa shape index (κ1) is 20.6. The van der Waals surface area contributed by atoms with E-state index in [2.05, 4.69) is 6.58 Å². The van der Waals surface area contributed by atoms with E-state index in [0.29, 0.717) is 17.7 Å². The Morgan fingerprint density at radius 3 is 2.37 bits per heavy atom. The molecule has 2 aromatic rings. The Bertz CT molecular complexity index is 969. The first-order valence-corrected chi connectivity index (χ1v) is 10.4. The quantitative estimate of drug-likeness (QED) is 0.394. The van der Waals surface area contributed by atoms with Crippen molar-refractivity contribution in [3.05, 3.63) is 71.1 Å². The van der Waals surface area contributed by atoms with Crippen molar-refractivity contribution in [2.24, 2.45) is 0 Å². The number of nitrogens with zero attached hydrogens (tertiary/aromatic N) is 1. The second-order valence-electron chi connectivity index (χ2n) is 6.45. The SMILES string of the molecule is C=CCn1c(C)cc(C(=O)COC(=O)c2ccc(CS(C)(=O)=O)cc2)c1C. The van der Waals surface area contributed by atoms with Gasteiger partial charge in [-0.15, -0.1) is 6.58 Å². The highest BCUT2D eigenvalue weighted by Crippen LogP contribution is 2.16. The highest BCUT2D eigenvalue weighted by atomic mass is 32.2. The molecule has 7 heteroatoms. The third kappa shape index (κ3) is 5.40. The third-order valence-electron chi connectivity index (χ3n) is 4.14. The summed E-state index contributed by atoms with van der Waals surface area (Å²) in [7, 11) is -3.14. The van der Waals surface area contributed by atoms with Gasteiger partial charge in [0.05, 0.1) is 11.3 Å². The van der Waals surface area contributed by atoms with Gasteiger partial charge < -0.3 is 9.30 Å². The van der Waals surface area contributed by atoms with Crippen LogP contribution in [0.2, 0.25) is 0 Å². The lowest BCUT2D eigenvalue weighted by atomic mass is 10.1. The summed E-state index contributed by atoms with van der Waals surface area (Å²) in [6.45, 7) is 7.68. The van der Waals surface area contributed by atoms with Crippen molar-refractivity contribution in [2.75, 3.05) is 12.9 Å². The van der Waals surface area contributed by atoms with Crippen molar-refractivity contribution in [3.63, 3.8) is 0 Å². The summed E-state index contributed by atoms with van der Waals surface area (Å²) in [5.74, 6) is -1.00. The van der Waals surface area contributed by atoms with E-state index in [1.54, 1.807) is 24.3 Å².